The first-order chi connectivity index (χ1) is 16.1. The number of ether oxygens (including phenoxy) is 2. The maximum Gasteiger partial charge on any atom is 0.416 e. The molecule has 0 spiro atoms. The number of hydrogen-bond donors (Lipinski definition) is 0. The molecule has 7 nitrogen and oxygen atoms in total. The molecule has 2 aliphatic heterocycles. The summed E-state index contributed by atoms with van der Waals surface area (Å²) in [6.07, 6.45) is -4.04. The summed E-state index contributed by atoms with van der Waals surface area (Å²) >= 11 is 0. The molecular weight excluding hydrogens is 473 g/mol. The van der Waals surface area contributed by atoms with Gasteiger partial charge in [-0.15, -0.1) is 0 Å². The molecule has 1 saturated heterocycles. The molecule has 0 N–H and O–H groups in total. The van der Waals surface area contributed by atoms with Crippen molar-refractivity contribution in [3.05, 3.63) is 53.6 Å². The molecule has 11 heteroatoms. The largest absolute Gasteiger partial charge is 0.486 e. The smallest absolute Gasteiger partial charge is 0.416 e. The van der Waals surface area contributed by atoms with E-state index in [0.717, 1.165) is 28.1 Å². The molecule has 0 unspecified atom stereocenters. The third-order valence-electron chi connectivity index (χ3n) is 6.00. The van der Waals surface area contributed by atoms with Crippen molar-refractivity contribution in [2.24, 2.45) is 5.92 Å². The molecule has 34 heavy (non-hydrogen) atoms. The molecule has 2 aromatic carbocycles. The summed E-state index contributed by atoms with van der Waals surface area (Å²) in [6.45, 7) is 1.44. The highest BCUT2D eigenvalue weighted by Gasteiger charge is 2.35. The fourth-order valence-corrected chi connectivity index (χ4v) is 5.69. The fourth-order valence-electron chi connectivity index (χ4n) is 4.17. The lowest BCUT2D eigenvalue weighted by atomic mass is 9.96. The summed E-state index contributed by atoms with van der Waals surface area (Å²) in [7, 11) is -2.40. The fraction of sp³-hybridized carbons (Fsp3) is 0.435. The van der Waals surface area contributed by atoms with Gasteiger partial charge in [0.05, 0.1) is 10.5 Å². The maximum absolute atomic E-state index is 13.0. The molecule has 184 valence electrons. The Morgan fingerprint density at radius 1 is 1.06 bits per heavy atom. The minimum absolute atomic E-state index is 0.0624. The van der Waals surface area contributed by atoms with Crippen molar-refractivity contribution in [2.75, 3.05) is 33.4 Å². The Morgan fingerprint density at radius 3 is 2.41 bits per heavy atom. The van der Waals surface area contributed by atoms with Crippen LogP contribution in [0, 0.1) is 5.92 Å². The lowest BCUT2D eigenvalue weighted by Gasteiger charge is -2.32. The molecule has 4 rings (SSSR count). The summed E-state index contributed by atoms with van der Waals surface area (Å²) in [5, 5.41) is 0. The van der Waals surface area contributed by atoms with Crippen LogP contribution in [0.25, 0.3) is 0 Å². The number of nitrogens with zero attached hydrogens (tertiary/aromatic N) is 2. The van der Waals surface area contributed by atoms with E-state index in [-0.39, 0.29) is 24.9 Å². The first kappa shape index (κ1) is 24.3. The molecule has 0 bridgehead atoms. The number of piperidine rings is 1. The highest BCUT2D eigenvalue weighted by molar-refractivity contribution is 7.89. The zero-order valence-electron chi connectivity index (χ0n) is 18.5. The second-order valence-corrected chi connectivity index (χ2v) is 10.3. The number of halogens is 3. The number of hydrogen-bond acceptors (Lipinski definition) is 5. The molecule has 1 fully saturated rings. The van der Waals surface area contributed by atoms with E-state index >= 15 is 0 Å². The Morgan fingerprint density at radius 2 is 1.74 bits per heavy atom. The Labute approximate surface area is 196 Å². The molecule has 0 saturated carbocycles. The van der Waals surface area contributed by atoms with Gasteiger partial charge in [0.25, 0.3) is 0 Å². The van der Waals surface area contributed by atoms with Crippen LogP contribution < -0.4 is 9.47 Å². The minimum Gasteiger partial charge on any atom is -0.486 e. The van der Waals surface area contributed by atoms with Crippen molar-refractivity contribution in [1.29, 1.82) is 0 Å². The maximum atomic E-state index is 13.0. The predicted octanol–water partition coefficient (Wildman–Crippen LogP) is 3.54. The first-order valence-corrected chi connectivity index (χ1v) is 12.3. The van der Waals surface area contributed by atoms with Gasteiger partial charge in [-0.2, -0.15) is 17.5 Å². The molecule has 2 aliphatic rings. The molecule has 0 aromatic heterocycles. The van der Waals surface area contributed by atoms with E-state index < -0.39 is 26.7 Å². The van der Waals surface area contributed by atoms with E-state index in [1.807, 2.05) is 12.1 Å². The number of alkyl halides is 3. The quantitative estimate of drug-likeness (QED) is 0.631. The van der Waals surface area contributed by atoms with Gasteiger partial charge >= 0.3 is 6.18 Å². The summed E-state index contributed by atoms with van der Waals surface area (Å²) in [6, 6.07) is 9.22. The van der Waals surface area contributed by atoms with E-state index in [1.54, 1.807) is 18.0 Å². The first-order valence-electron chi connectivity index (χ1n) is 10.9. The van der Waals surface area contributed by atoms with Gasteiger partial charge in [-0.3, -0.25) is 4.79 Å². The Balaban J connectivity index is 1.37. The standard InChI is InChI=1S/C23H25F3N2O5S/c1-27(15-16-5-6-20-21(13-16)33-12-11-32-20)22(29)17-7-9-28(10-8-17)34(30,31)19-4-2-3-18(14-19)23(24,25)26/h2-6,13-14,17H,7-12,15H2,1H3. The number of rotatable bonds is 5. The molecule has 2 aromatic rings. The highest BCUT2D eigenvalue weighted by atomic mass is 32.2. The van der Waals surface area contributed by atoms with Crippen molar-refractivity contribution < 1.29 is 35.9 Å². The lowest BCUT2D eigenvalue weighted by molar-refractivity contribution is -0.138. The van der Waals surface area contributed by atoms with Crippen molar-refractivity contribution in [1.82, 2.24) is 9.21 Å². The molecule has 0 aliphatic carbocycles. The van der Waals surface area contributed by atoms with Gasteiger partial charge in [0, 0.05) is 32.6 Å². The van der Waals surface area contributed by atoms with Gasteiger partial charge in [-0.05, 0) is 48.7 Å². The van der Waals surface area contributed by atoms with Gasteiger partial charge in [-0.25, -0.2) is 8.42 Å². The second-order valence-electron chi connectivity index (χ2n) is 8.38. The normalized spacial score (nSPS) is 17.4. The van der Waals surface area contributed by atoms with Crippen LogP contribution in [0.3, 0.4) is 0 Å². The Kier molecular flexibility index (Phi) is 6.77. The molecule has 0 atom stereocenters. The van der Waals surface area contributed by atoms with Crippen molar-refractivity contribution >= 4 is 15.9 Å². The van der Waals surface area contributed by atoms with E-state index in [0.29, 0.717) is 50.2 Å². The lowest BCUT2D eigenvalue weighted by Crippen LogP contribution is -2.43. The third-order valence-corrected chi connectivity index (χ3v) is 7.90. The van der Waals surface area contributed by atoms with E-state index in [2.05, 4.69) is 0 Å². The number of carbonyl (C=O) groups is 1. The van der Waals surface area contributed by atoms with Crippen molar-refractivity contribution in [3.8, 4) is 11.5 Å². The van der Waals surface area contributed by atoms with Crippen molar-refractivity contribution in [3.63, 3.8) is 0 Å². The summed E-state index contributed by atoms with van der Waals surface area (Å²) < 4.78 is 76.9. The van der Waals surface area contributed by atoms with E-state index in [4.69, 9.17) is 9.47 Å². The summed E-state index contributed by atoms with van der Waals surface area (Å²) in [4.78, 5) is 14.1. The summed E-state index contributed by atoms with van der Waals surface area (Å²) in [5.41, 5.74) is -0.135. The van der Waals surface area contributed by atoms with E-state index in [1.165, 1.54) is 0 Å². The Bertz CT molecular complexity index is 1160. The average Bonchev–Trinajstić information content (AvgIpc) is 2.83. The van der Waals surface area contributed by atoms with Crippen LogP contribution in [0.5, 0.6) is 11.5 Å². The monoisotopic (exact) mass is 498 g/mol. The second kappa shape index (κ2) is 9.46. The van der Waals surface area contributed by atoms with Crippen LogP contribution in [-0.2, 0) is 27.5 Å². The molecule has 0 radical (unpaired) electrons. The zero-order valence-corrected chi connectivity index (χ0v) is 19.4. The number of benzene rings is 2. The SMILES string of the molecule is CN(Cc1ccc2c(c1)OCCO2)C(=O)C1CCN(S(=O)(=O)c2cccc(C(F)(F)F)c2)CC1. The topological polar surface area (TPSA) is 76.2 Å². The highest BCUT2D eigenvalue weighted by Crippen LogP contribution is 2.33. The van der Waals surface area contributed by atoms with Gasteiger partial charge in [-0.1, -0.05) is 12.1 Å². The van der Waals surface area contributed by atoms with Gasteiger partial charge in [0.15, 0.2) is 11.5 Å². The number of amides is 1. The van der Waals surface area contributed by atoms with Crippen LogP contribution in [-0.4, -0.2) is 56.9 Å². The number of fused-ring (bicyclic) bond motifs is 1. The minimum atomic E-state index is -4.63. The predicted molar refractivity (Wildman–Crippen MR) is 117 cm³/mol. The van der Waals surface area contributed by atoms with Crippen LogP contribution >= 0.6 is 0 Å². The summed E-state index contributed by atoms with van der Waals surface area (Å²) in [5.74, 6) is 0.831. The zero-order chi connectivity index (χ0) is 24.5. The van der Waals surface area contributed by atoms with Crippen molar-refractivity contribution in [2.45, 2.75) is 30.5 Å². The molecule has 2 heterocycles. The van der Waals surface area contributed by atoms with Crippen LogP contribution in [0.15, 0.2) is 47.4 Å². The van der Waals surface area contributed by atoms with E-state index in [9.17, 15) is 26.4 Å². The number of sulfonamides is 1. The van der Waals surface area contributed by atoms with Gasteiger partial charge in [0.2, 0.25) is 15.9 Å². The van der Waals surface area contributed by atoms with Crippen LogP contribution in [0.4, 0.5) is 13.2 Å². The van der Waals surface area contributed by atoms with Gasteiger partial charge < -0.3 is 14.4 Å². The number of carbonyl (C=O) groups excluding carboxylic acids is 1. The third kappa shape index (κ3) is 5.15. The molecular formula is C23H25F3N2O5S. The van der Waals surface area contributed by atoms with Crippen LogP contribution in [0.2, 0.25) is 0 Å². The average molecular weight is 499 g/mol. The van der Waals surface area contributed by atoms with Gasteiger partial charge in [0.1, 0.15) is 13.2 Å². The molecule has 1 amide bonds. The van der Waals surface area contributed by atoms with Crippen LogP contribution in [0.1, 0.15) is 24.0 Å². The Hall–Kier alpha value is -2.79.